The topological polar surface area (TPSA) is 58.4 Å². The van der Waals surface area contributed by atoms with E-state index in [1.54, 1.807) is 6.07 Å². The summed E-state index contributed by atoms with van der Waals surface area (Å²) in [5.74, 6) is -0.706. The van der Waals surface area contributed by atoms with Crippen molar-refractivity contribution in [2.75, 3.05) is 16.8 Å². The molecule has 5 heteroatoms. The highest BCUT2D eigenvalue weighted by Crippen LogP contribution is 2.34. The van der Waals surface area contributed by atoms with Crippen molar-refractivity contribution in [3.05, 3.63) is 54.3 Å². The molecule has 102 valence electrons. The molecule has 1 amide bonds. The number of nitrogens with zero attached hydrogens (tertiary/aromatic N) is 1. The number of halogens is 1. The van der Waals surface area contributed by atoms with Crippen LogP contribution in [0.25, 0.3) is 0 Å². The number of para-hydroxylation sites is 1. The molecule has 0 aliphatic carbocycles. The summed E-state index contributed by atoms with van der Waals surface area (Å²) in [6.45, 7) is 0.342. The molecule has 2 aromatic carbocycles. The average Bonchev–Trinajstić information content (AvgIpc) is 2.57. The molecule has 2 aromatic rings. The highest BCUT2D eigenvalue weighted by atomic mass is 19.1. The Morgan fingerprint density at radius 2 is 1.95 bits per heavy atom. The number of hydrogen-bond donors (Lipinski definition) is 2. The first kappa shape index (κ1) is 12.6. The third kappa shape index (κ3) is 2.23. The zero-order valence-corrected chi connectivity index (χ0v) is 10.7. The van der Waals surface area contributed by atoms with Crippen LogP contribution in [0.5, 0.6) is 0 Å². The first-order valence-electron chi connectivity index (χ1n) is 6.34. The van der Waals surface area contributed by atoms with Gasteiger partial charge in [0.25, 0.3) is 0 Å². The molecule has 1 aliphatic rings. The quantitative estimate of drug-likeness (QED) is 0.836. The third-order valence-electron chi connectivity index (χ3n) is 3.29. The molecular weight excluding hydrogens is 257 g/mol. The predicted molar refractivity (Wildman–Crippen MR) is 76.5 cm³/mol. The lowest BCUT2D eigenvalue weighted by molar-refractivity contribution is -0.117. The Bertz CT molecular complexity index is 645. The van der Waals surface area contributed by atoms with E-state index in [0.29, 0.717) is 12.2 Å². The summed E-state index contributed by atoms with van der Waals surface area (Å²) >= 11 is 0. The van der Waals surface area contributed by atoms with E-state index in [1.807, 2.05) is 35.2 Å². The summed E-state index contributed by atoms with van der Waals surface area (Å²) in [7, 11) is 0. The Kier molecular flexibility index (Phi) is 3.12. The van der Waals surface area contributed by atoms with E-state index in [9.17, 15) is 9.18 Å². The van der Waals surface area contributed by atoms with Gasteiger partial charge in [-0.25, -0.2) is 4.39 Å². The maximum atomic E-state index is 13.4. The van der Waals surface area contributed by atoms with Crippen LogP contribution in [0.2, 0.25) is 0 Å². The minimum atomic E-state index is -0.675. The number of hydrogen-bond acceptors (Lipinski definition) is 3. The molecule has 3 rings (SSSR count). The normalized spacial score (nSPS) is 18.2. The van der Waals surface area contributed by atoms with E-state index in [-0.39, 0.29) is 5.91 Å². The second-order valence-corrected chi connectivity index (χ2v) is 4.70. The highest BCUT2D eigenvalue weighted by molar-refractivity contribution is 6.00. The molecule has 3 N–H and O–H groups in total. The molecule has 0 radical (unpaired) electrons. The molecule has 1 unspecified atom stereocenters. The van der Waals surface area contributed by atoms with Crippen LogP contribution in [0.1, 0.15) is 0 Å². The van der Waals surface area contributed by atoms with Crippen molar-refractivity contribution in [3.63, 3.8) is 0 Å². The Labute approximate surface area is 116 Å². The van der Waals surface area contributed by atoms with Gasteiger partial charge in [-0.15, -0.1) is 0 Å². The van der Waals surface area contributed by atoms with Crippen LogP contribution < -0.4 is 16.0 Å². The van der Waals surface area contributed by atoms with Crippen LogP contribution in [-0.4, -0.2) is 18.5 Å². The first-order valence-corrected chi connectivity index (χ1v) is 6.34. The number of carbonyl (C=O) groups excluding carboxylic acids is 1. The zero-order chi connectivity index (χ0) is 14.1. The Balaban J connectivity index is 2.12. The number of anilines is 3. The largest absolute Gasteiger partial charge is 0.338 e. The van der Waals surface area contributed by atoms with Gasteiger partial charge in [-0.05, 0) is 30.3 Å². The van der Waals surface area contributed by atoms with Crippen LogP contribution in [0.3, 0.4) is 0 Å². The van der Waals surface area contributed by atoms with Crippen LogP contribution in [-0.2, 0) is 4.79 Å². The van der Waals surface area contributed by atoms with Gasteiger partial charge < -0.3 is 16.0 Å². The highest BCUT2D eigenvalue weighted by Gasteiger charge is 2.26. The van der Waals surface area contributed by atoms with Gasteiger partial charge in [-0.2, -0.15) is 0 Å². The second kappa shape index (κ2) is 4.94. The number of benzene rings is 2. The van der Waals surface area contributed by atoms with Crippen LogP contribution in [0.4, 0.5) is 21.5 Å². The fourth-order valence-electron chi connectivity index (χ4n) is 2.30. The van der Waals surface area contributed by atoms with Crippen molar-refractivity contribution in [1.82, 2.24) is 0 Å². The standard InChI is InChI=1S/C15H14FN3O/c16-10-6-7-14-13(8-10)18-15(20)12(17)9-19(14)11-4-2-1-3-5-11/h1-8,12H,9,17H2,(H,18,20). The zero-order valence-electron chi connectivity index (χ0n) is 10.7. The molecule has 1 heterocycles. The SMILES string of the molecule is NC1CN(c2ccccc2)c2ccc(F)cc2NC1=O. The summed E-state index contributed by atoms with van der Waals surface area (Å²) in [4.78, 5) is 13.8. The number of fused-ring (bicyclic) bond motifs is 1. The molecule has 0 spiro atoms. The lowest BCUT2D eigenvalue weighted by atomic mass is 10.2. The smallest absolute Gasteiger partial charge is 0.243 e. The molecule has 0 aromatic heterocycles. The Morgan fingerprint density at radius 3 is 2.70 bits per heavy atom. The summed E-state index contributed by atoms with van der Waals surface area (Å²) in [6, 6.07) is 13.2. The minimum Gasteiger partial charge on any atom is -0.338 e. The molecule has 20 heavy (non-hydrogen) atoms. The van der Waals surface area contributed by atoms with Gasteiger partial charge in [0, 0.05) is 12.2 Å². The minimum absolute atomic E-state index is 0.310. The van der Waals surface area contributed by atoms with Crippen molar-refractivity contribution in [2.45, 2.75) is 6.04 Å². The number of nitrogens with two attached hydrogens (primary N) is 1. The van der Waals surface area contributed by atoms with Crippen molar-refractivity contribution in [3.8, 4) is 0 Å². The Morgan fingerprint density at radius 1 is 1.20 bits per heavy atom. The van der Waals surface area contributed by atoms with Crippen molar-refractivity contribution >= 4 is 23.0 Å². The molecule has 4 nitrogen and oxygen atoms in total. The van der Waals surface area contributed by atoms with Gasteiger partial charge >= 0.3 is 0 Å². The summed E-state index contributed by atoms with van der Waals surface area (Å²) in [5.41, 5.74) is 7.96. The molecule has 0 saturated heterocycles. The van der Waals surface area contributed by atoms with Crippen molar-refractivity contribution in [2.24, 2.45) is 5.73 Å². The maximum absolute atomic E-state index is 13.4. The average molecular weight is 271 g/mol. The number of nitrogens with one attached hydrogen (secondary N) is 1. The molecule has 0 bridgehead atoms. The van der Waals surface area contributed by atoms with E-state index in [2.05, 4.69) is 5.32 Å². The van der Waals surface area contributed by atoms with Crippen LogP contribution in [0, 0.1) is 5.82 Å². The van der Waals surface area contributed by atoms with Gasteiger partial charge in [-0.3, -0.25) is 4.79 Å². The maximum Gasteiger partial charge on any atom is 0.243 e. The van der Waals surface area contributed by atoms with E-state index in [0.717, 1.165) is 11.4 Å². The van der Waals surface area contributed by atoms with Crippen molar-refractivity contribution < 1.29 is 9.18 Å². The van der Waals surface area contributed by atoms with E-state index < -0.39 is 11.9 Å². The van der Waals surface area contributed by atoms with Gasteiger partial charge in [0.2, 0.25) is 5.91 Å². The summed E-state index contributed by atoms with van der Waals surface area (Å²) in [6.07, 6.45) is 0. The first-order chi connectivity index (χ1) is 9.65. The monoisotopic (exact) mass is 271 g/mol. The third-order valence-corrected chi connectivity index (χ3v) is 3.29. The lowest BCUT2D eigenvalue weighted by Crippen LogP contribution is -2.41. The van der Waals surface area contributed by atoms with Gasteiger partial charge in [0.15, 0.2) is 0 Å². The molecule has 1 aliphatic heterocycles. The predicted octanol–water partition coefficient (Wildman–Crippen LogP) is 2.24. The molecular formula is C15H14FN3O. The van der Waals surface area contributed by atoms with Crippen LogP contribution in [0.15, 0.2) is 48.5 Å². The Hall–Kier alpha value is -2.40. The van der Waals surface area contributed by atoms with E-state index in [4.69, 9.17) is 5.73 Å². The number of rotatable bonds is 1. The van der Waals surface area contributed by atoms with Gasteiger partial charge in [0.1, 0.15) is 11.9 Å². The fourth-order valence-corrected chi connectivity index (χ4v) is 2.30. The molecule has 0 saturated carbocycles. The summed E-state index contributed by atoms with van der Waals surface area (Å²) < 4.78 is 13.4. The number of carbonyl (C=O) groups is 1. The van der Waals surface area contributed by atoms with Gasteiger partial charge in [-0.1, -0.05) is 18.2 Å². The van der Waals surface area contributed by atoms with Gasteiger partial charge in [0.05, 0.1) is 11.4 Å². The van der Waals surface area contributed by atoms with E-state index in [1.165, 1.54) is 12.1 Å². The van der Waals surface area contributed by atoms with Crippen molar-refractivity contribution in [1.29, 1.82) is 0 Å². The summed E-state index contributed by atoms with van der Waals surface area (Å²) in [5, 5.41) is 2.67. The van der Waals surface area contributed by atoms with Crippen LogP contribution >= 0.6 is 0 Å². The molecule has 1 atom stereocenters. The lowest BCUT2D eigenvalue weighted by Gasteiger charge is -2.25. The fraction of sp³-hybridized carbons (Fsp3) is 0.133. The number of amides is 1. The molecule has 0 fully saturated rings. The second-order valence-electron chi connectivity index (χ2n) is 4.70. The van der Waals surface area contributed by atoms with E-state index >= 15 is 0 Å².